The van der Waals surface area contributed by atoms with Crippen LogP contribution in [0, 0.1) is 0 Å². The normalized spacial score (nSPS) is 14.1. The maximum absolute atomic E-state index is 11.3. The quantitative estimate of drug-likeness (QED) is 0.766. The summed E-state index contributed by atoms with van der Waals surface area (Å²) in [6, 6.07) is 6.43. The van der Waals surface area contributed by atoms with Crippen LogP contribution in [-0.2, 0) is 9.53 Å². The number of phenols is 1. The van der Waals surface area contributed by atoms with Crippen LogP contribution in [0.4, 0.5) is 0 Å². The Morgan fingerprint density at radius 2 is 2.24 bits per heavy atom. The van der Waals surface area contributed by atoms with E-state index < -0.39 is 12.0 Å². The lowest BCUT2D eigenvalue weighted by Gasteiger charge is -2.18. The van der Waals surface area contributed by atoms with Gasteiger partial charge in [0.05, 0.1) is 7.11 Å². The van der Waals surface area contributed by atoms with Crippen LogP contribution >= 0.6 is 0 Å². The molecule has 0 radical (unpaired) electrons. The largest absolute Gasteiger partial charge is 0.508 e. The van der Waals surface area contributed by atoms with Gasteiger partial charge in [0, 0.05) is 0 Å². The fraction of sp³-hybridized carbons (Fsp3) is 0.462. The number of carbonyl (C=O) groups is 1. The molecular formula is C13H19NO3. The van der Waals surface area contributed by atoms with E-state index in [-0.39, 0.29) is 11.7 Å². The van der Waals surface area contributed by atoms with Gasteiger partial charge in [-0.1, -0.05) is 19.1 Å². The van der Waals surface area contributed by atoms with Gasteiger partial charge in [0.2, 0.25) is 0 Å². The summed E-state index contributed by atoms with van der Waals surface area (Å²) in [5.74, 6) is -0.0209. The van der Waals surface area contributed by atoms with E-state index in [1.54, 1.807) is 18.2 Å². The first-order valence-corrected chi connectivity index (χ1v) is 5.70. The molecule has 0 amide bonds. The minimum absolute atomic E-state index is 0.149. The highest BCUT2D eigenvalue weighted by molar-refractivity contribution is 5.75. The van der Waals surface area contributed by atoms with Crippen LogP contribution in [0.3, 0.4) is 0 Å². The van der Waals surface area contributed by atoms with Crippen LogP contribution in [0.1, 0.15) is 31.2 Å². The van der Waals surface area contributed by atoms with E-state index >= 15 is 0 Å². The summed E-state index contributed by atoms with van der Waals surface area (Å²) in [5.41, 5.74) is 6.74. The molecule has 0 bridgehead atoms. The van der Waals surface area contributed by atoms with Crippen molar-refractivity contribution in [2.24, 2.45) is 5.73 Å². The van der Waals surface area contributed by atoms with Crippen molar-refractivity contribution in [1.29, 1.82) is 0 Å². The van der Waals surface area contributed by atoms with Crippen LogP contribution in [0.2, 0.25) is 0 Å². The Labute approximate surface area is 101 Å². The number of nitrogens with two attached hydrogens (primary N) is 1. The number of benzene rings is 1. The second-order valence-electron chi connectivity index (χ2n) is 4.07. The van der Waals surface area contributed by atoms with Gasteiger partial charge in [-0.15, -0.1) is 0 Å². The highest BCUT2D eigenvalue weighted by atomic mass is 16.5. The second kappa shape index (κ2) is 6.25. The molecule has 17 heavy (non-hydrogen) atoms. The highest BCUT2D eigenvalue weighted by Gasteiger charge is 2.20. The van der Waals surface area contributed by atoms with E-state index in [0.29, 0.717) is 6.42 Å². The molecule has 4 heteroatoms. The molecule has 0 heterocycles. The molecule has 0 saturated carbocycles. The molecule has 0 fully saturated rings. The molecule has 1 aromatic rings. The van der Waals surface area contributed by atoms with Crippen LogP contribution in [0.15, 0.2) is 24.3 Å². The van der Waals surface area contributed by atoms with Crippen LogP contribution < -0.4 is 5.73 Å². The number of rotatable bonds is 5. The van der Waals surface area contributed by atoms with Crippen molar-refractivity contribution in [3.63, 3.8) is 0 Å². The fourth-order valence-corrected chi connectivity index (χ4v) is 1.87. The zero-order chi connectivity index (χ0) is 12.8. The minimum atomic E-state index is -0.618. The van der Waals surface area contributed by atoms with E-state index in [1.807, 2.05) is 13.0 Å². The summed E-state index contributed by atoms with van der Waals surface area (Å²) in [6.07, 6.45) is 1.38. The van der Waals surface area contributed by atoms with Crippen molar-refractivity contribution in [3.05, 3.63) is 29.8 Å². The third kappa shape index (κ3) is 3.75. The highest BCUT2D eigenvalue weighted by Crippen LogP contribution is 2.26. The van der Waals surface area contributed by atoms with Gasteiger partial charge >= 0.3 is 5.97 Å². The molecule has 2 unspecified atom stereocenters. The lowest BCUT2D eigenvalue weighted by atomic mass is 9.90. The second-order valence-corrected chi connectivity index (χ2v) is 4.07. The van der Waals surface area contributed by atoms with Gasteiger partial charge in [-0.25, -0.2) is 0 Å². The lowest BCUT2D eigenvalue weighted by Crippen LogP contribution is -2.33. The van der Waals surface area contributed by atoms with Crippen LogP contribution in [0.25, 0.3) is 0 Å². The van der Waals surface area contributed by atoms with Gasteiger partial charge in [0.1, 0.15) is 11.8 Å². The van der Waals surface area contributed by atoms with Gasteiger partial charge in [-0.05, 0) is 36.5 Å². The Morgan fingerprint density at radius 3 is 2.76 bits per heavy atom. The molecule has 0 aromatic heterocycles. The van der Waals surface area contributed by atoms with Gasteiger partial charge < -0.3 is 15.6 Å². The first kappa shape index (κ1) is 13.5. The third-order valence-electron chi connectivity index (χ3n) is 2.88. The monoisotopic (exact) mass is 237 g/mol. The number of ether oxygens (including phenoxy) is 1. The smallest absolute Gasteiger partial charge is 0.322 e. The number of hydrogen-bond acceptors (Lipinski definition) is 4. The summed E-state index contributed by atoms with van der Waals surface area (Å²) in [4.78, 5) is 11.3. The Kier molecular flexibility index (Phi) is 4.97. The van der Waals surface area contributed by atoms with Gasteiger partial charge in [-0.2, -0.15) is 0 Å². The number of phenolic OH excluding ortho intramolecular Hbond substituents is 1. The lowest BCUT2D eigenvalue weighted by molar-refractivity contribution is -0.142. The molecular weight excluding hydrogens is 218 g/mol. The zero-order valence-corrected chi connectivity index (χ0v) is 10.2. The van der Waals surface area contributed by atoms with Gasteiger partial charge in [-0.3, -0.25) is 4.79 Å². The Morgan fingerprint density at radius 1 is 1.53 bits per heavy atom. The van der Waals surface area contributed by atoms with E-state index in [2.05, 4.69) is 4.74 Å². The average Bonchev–Trinajstić information content (AvgIpc) is 2.34. The van der Waals surface area contributed by atoms with Crippen molar-refractivity contribution in [2.75, 3.05) is 7.11 Å². The fourth-order valence-electron chi connectivity index (χ4n) is 1.87. The molecule has 0 aliphatic heterocycles. The Bertz CT molecular complexity index is 379. The molecule has 0 saturated heterocycles. The molecule has 4 nitrogen and oxygen atoms in total. The number of esters is 1. The number of methoxy groups -OCH3 is 1. The topological polar surface area (TPSA) is 72.6 Å². The van der Waals surface area contributed by atoms with E-state index in [1.165, 1.54) is 7.11 Å². The molecule has 0 aliphatic carbocycles. The van der Waals surface area contributed by atoms with Gasteiger partial charge in [0.25, 0.3) is 0 Å². The van der Waals surface area contributed by atoms with Crippen molar-refractivity contribution >= 4 is 5.97 Å². The van der Waals surface area contributed by atoms with Crippen molar-refractivity contribution in [3.8, 4) is 5.75 Å². The maximum Gasteiger partial charge on any atom is 0.322 e. The van der Waals surface area contributed by atoms with E-state index in [0.717, 1.165) is 12.0 Å². The molecule has 1 aromatic carbocycles. The standard InChI is InChI=1S/C13H19NO3/c1-3-9(8-12(14)13(16)17-2)10-5-4-6-11(15)7-10/h4-7,9,12,15H,3,8,14H2,1-2H3. The number of hydrogen-bond donors (Lipinski definition) is 2. The molecule has 94 valence electrons. The van der Waals surface area contributed by atoms with Crippen molar-refractivity contribution < 1.29 is 14.6 Å². The summed E-state index contributed by atoms with van der Waals surface area (Å²) in [6.45, 7) is 2.03. The van der Waals surface area contributed by atoms with Crippen LogP contribution in [0.5, 0.6) is 5.75 Å². The molecule has 3 N–H and O–H groups in total. The summed E-state index contributed by atoms with van der Waals surface area (Å²) in [7, 11) is 1.33. The molecule has 0 aliphatic rings. The average molecular weight is 237 g/mol. The zero-order valence-electron chi connectivity index (χ0n) is 10.2. The number of aromatic hydroxyl groups is 1. The van der Waals surface area contributed by atoms with Crippen LogP contribution in [-0.4, -0.2) is 24.2 Å². The predicted molar refractivity (Wildman–Crippen MR) is 65.7 cm³/mol. The minimum Gasteiger partial charge on any atom is -0.508 e. The number of carbonyl (C=O) groups excluding carboxylic acids is 1. The Hall–Kier alpha value is -1.55. The van der Waals surface area contributed by atoms with Crippen molar-refractivity contribution in [1.82, 2.24) is 0 Å². The van der Waals surface area contributed by atoms with Crippen molar-refractivity contribution in [2.45, 2.75) is 31.7 Å². The molecule has 2 atom stereocenters. The SMILES string of the molecule is CCC(CC(N)C(=O)OC)c1cccc(O)c1. The van der Waals surface area contributed by atoms with Gasteiger partial charge in [0.15, 0.2) is 0 Å². The predicted octanol–water partition coefficient (Wildman–Crippen LogP) is 1.78. The summed E-state index contributed by atoms with van der Waals surface area (Å²) in [5, 5.41) is 9.42. The summed E-state index contributed by atoms with van der Waals surface area (Å²) >= 11 is 0. The first-order chi connectivity index (χ1) is 8.08. The third-order valence-corrected chi connectivity index (χ3v) is 2.88. The molecule has 0 spiro atoms. The summed E-state index contributed by atoms with van der Waals surface area (Å²) < 4.78 is 4.60. The maximum atomic E-state index is 11.3. The Balaban J connectivity index is 2.75. The van der Waals surface area contributed by atoms with E-state index in [9.17, 15) is 9.90 Å². The first-order valence-electron chi connectivity index (χ1n) is 5.70. The van der Waals surface area contributed by atoms with E-state index in [4.69, 9.17) is 5.73 Å². The molecule has 1 rings (SSSR count).